The third kappa shape index (κ3) is 4.81. The predicted molar refractivity (Wildman–Crippen MR) is 94.8 cm³/mol. The summed E-state index contributed by atoms with van der Waals surface area (Å²) in [6.07, 6.45) is 0.122. The van der Waals surface area contributed by atoms with E-state index in [4.69, 9.17) is 9.47 Å². The summed E-state index contributed by atoms with van der Waals surface area (Å²) in [5.41, 5.74) is 1.71. The van der Waals surface area contributed by atoms with E-state index in [9.17, 15) is 9.90 Å². The van der Waals surface area contributed by atoms with Crippen molar-refractivity contribution >= 4 is 5.91 Å². The second-order valence-corrected chi connectivity index (χ2v) is 6.06. The predicted octanol–water partition coefficient (Wildman–Crippen LogP) is 2.14. The van der Waals surface area contributed by atoms with E-state index < -0.39 is 6.10 Å². The van der Waals surface area contributed by atoms with Gasteiger partial charge in [-0.1, -0.05) is 42.5 Å². The molecular weight excluding hydrogens is 318 g/mol. The highest BCUT2D eigenvalue weighted by molar-refractivity contribution is 5.97. The Balaban J connectivity index is 1.66. The first-order valence-corrected chi connectivity index (χ1v) is 8.55. The molecule has 0 aliphatic carbocycles. The summed E-state index contributed by atoms with van der Waals surface area (Å²) >= 11 is 0. The van der Waals surface area contributed by atoms with Gasteiger partial charge in [0.15, 0.2) is 0 Å². The maximum atomic E-state index is 12.8. The van der Waals surface area contributed by atoms with Crippen LogP contribution < -0.4 is 4.74 Å². The first-order chi connectivity index (χ1) is 12.2. The van der Waals surface area contributed by atoms with Gasteiger partial charge < -0.3 is 19.5 Å². The zero-order valence-electron chi connectivity index (χ0n) is 14.1. The average Bonchev–Trinajstić information content (AvgIpc) is 2.87. The Hall–Kier alpha value is -2.37. The van der Waals surface area contributed by atoms with Crippen molar-refractivity contribution < 1.29 is 19.4 Å². The maximum Gasteiger partial charge on any atom is 0.257 e. The Kier molecular flexibility index (Phi) is 6.04. The van der Waals surface area contributed by atoms with Crippen LogP contribution in [0.15, 0.2) is 54.6 Å². The summed E-state index contributed by atoms with van der Waals surface area (Å²) in [6.45, 7) is 1.93. The molecule has 1 aliphatic rings. The van der Waals surface area contributed by atoms with Crippen LogP contribution in [0.3, 0.4) is 0 Å². The van der Waals surface area contributed by atoms with Gasteiger partial charge in [0.05, 0.1) is 31.5 Å². The van der Waals surface area contributed by atoms with Gasteiger partial charge in [-0.25, -0.2) is 0 Å². The van der Waals surface area contributed by atoms with Crippen molar-refractivity contribution in [3.63, 3.8) is 0 Å². The first-order valence-electron chi connectivity index (χ1n) is 8.55. The Morgan fingerprint density at radius 1 is 1.16 bits per heavy atom. The number of carbonyl (C=O) groups excluding carboxylic acids is 1. The number of para-hydroxylation sites is 1. The van der Waals surface area contributed by atoms with E-state index in [2.05, 4.69) is 12.1 Å². The zero-order chi connectivity index (χ0) is 17.5. The summed E-state index contributed by atoms with van der Waals surface area (Å²) in [5.74, 6) is 0.433. The lowest BCUT2D eigenvalue weighted by Crippen LogP contribution is -2.37. The number of carbonyl (C=O) groups is 1. The normalized spacial score (nSPS) is 17.8. The quantitative estimate of drug-likeness (QED) is 0.905. The lowest BCUT2D eigenvalue weighted by atomic mass is 10.1. The second-order valence-electron chi connectivity index (χ2n) is 6.06. The number of ether oxygens (including phenoxy) is 2. The molecule has 3 rings (SSSR count). The van der Waals surface area contributed by atoms with E-state index in [1.165, 1.54) is 5.56 Å². The van der Waals surface area contributed by atoms with Crippen LogP contribution in [0, 0.1) is 0 Å². The molecular formula is C20H23NO4. The molecule has 1 aliphatic heterocycles. The van der Waals surface area contributed by atoms with Crippen molar-refractivity contribution in [1.29, 1.82) is 0 Å². The van der Waals surface area contributed by atoms with Crippen LogP contribution in [0.2, 0.25) is 0 Å². The summed E-state index contributed by atoms with van der Waals surface area (Å²) in [6, 6.07) is 17.3. The number of aliphatic hydroxyl groups is 1. The van der Waals surface area contributed by atoms with Gasteiger partial charge in [-0.15, -0.1) is 0 Å². The van der Waals surface area contributed by atoms with Crippen molar-refractivity contribution in [2.45, 2.75) is 12.5 Å². The fourth-order valence-electron chi connectivity index (χ4n) is 2.84. The van der Waals surface area contributed by atoms with E-state index in [-0.39, 0.29) is 19.1 Å². The van der Waals surface area contributed by atoms with Crippen LogP contribution in [0.25, 0.3) is 0 Å². The Labute approximate surface area is 147 Å². The Bertz CT molecular complexity index is 689. The summed E-state index contributed by atoms with van der Waals surface area (Å²) in [5, 5.41) is 9.84. The van der Waals surface area contributed by atoms with Crippen LogP contribution in [0.1, 0.15) is 15.9 Å². The van der Waals surface area contributed by atoms with Gasteiger partial charge in [-0.2, -0.15) is 0 Å². The average molecular weight is 341 g/mol. The molecule has 1 atom stereocenters. The number of β-amino-alcohol motifs (C(OH)–C–C–N with tert-alkyl or cyclic N) is 1. The minimum absolute atomic E-state index is 0.139. The van der Waals surface area contributed by atoms with E-state index in [0.29, 0.717) is 31.1 Å². The molecule has 132 valence electrons. The van der Waals surface area contributed by atoms with Gasteiger partial charge in [0.25, 0.3) is 5.91 Å². The molecule has 1 amide bonds. The molecule has 0 saturated carbocycles. The number of amides is 1. The maximum absolute atomic E-state index is 12.8. The molecule has 1 saturated heterocycles. The smallest absolute Gasteiger partial charge is 0.257 e. The van der Waals surface area contributed by atoms with Crippen molar-refractivity contribution in [2.24, 2.45) is 0 Å². The largest absolute Gasteiger partial charge is 0.492 e. The Morgan fingerprint density at radius 2 is 1.92 bits per heavy atom. The lowest BCUT2D eigenvalue weighted by Gasteiger charge is -2.22. The summed E-state index contributed by atoms with van der Waals surface area (Å²) < 4.78 is 11.2. The van der Waals surface area contributed by atoms with Crippen molar-refractivity contribution in [3.8, 4) is 5.75 Å². The fraction of sp³-hybridized carbons (Fsp3) is 0.350. The lowest BCUT2D eigenvalue weighted by molar-refractivity contribution is 0.0533. The van der Waals surface area contributed by atoms with E-state index >= 15 is 0 Å². The van der Waals surface area contributed by atoms with Crippen LogP contribution in [-0.4, -0.2) is 54.9 Å². The van der Waals surface area contributed by atoms with Crippen LogP contribution >= 0.6 is 0 Å². The highest BCUT2D eigenvalue weighted by atomic mass is 16.5. The van der Waals surface area contributed by atoms with Crippen LogP contribution in [0.4, 0.5) is 0 Å². The number of rotatable bonds is 5. The monoisotopic (exact) mass is 341 g/mol. The van der Waals surface area contributed by atoms with Crippen molar-refractivity contribution in [3.05, 3.63) is 65.7 Å². The number of benzene rings is 2. The molecule has 2 aromatic carbocycles. The molecule has 1 heterocycles. The second kappa shape index (κ2) is 8.65. The standard InChI is InChI=1S/C20H23NO4/c22-17-14-21(11-13-24-15-17)20(23)18-8-4-5-9-19(18)25-12-10-16-6-2-1-3-7-16/h1-9,17,22H,10-15H2/t17-/m0/s1. The molecule has 25 heavy (non-hydrogen) atoms. The van der Waals surface area contributed by atoms with E-state index in [0.717, 1.165) is 6.42 Å². The molecule has 0 unspecified atom stereocenters. The number of hydrogen-bond donors (Lipinski definition) is 1. The van der Waals surface area contributed by atoms with Crippen molar-refractivity contribution in [1.82, 2.24) is 4.90 Å². The van der Waals surface area contributed by atoms with E-state index in [1.807, 2.05) is 36.4 Å². The van der Waals surface area contributed by atoms with Gasteiger partial charge in [0, 0.05) is 19.5 Å². The van der Waals surface area contributed by atoms with Gasteiger partial charge >= 0.3 is 0 Å². The SMILES string of the molecule is O=C(c1ccccc1OCCc1ccccc1)N1CCOC[C@@H](O)C1. The molecule has 1 fully saturated rings. The molecule has 2 aromatic rings. The van der Waals surface area contributed by atoms with Crippen molar-refractivity contribution in [2.75, 3.05) is 32.9 Å². The molecule has 0 radical (unpaired) electrons. The molecule has 5 heteroatoms. The highest BCUT2D eigenvalue weighted by Gasteiger charge is 2.24. The molecule has 0 spiro atoms. The molecule has 0 bridgehead atoms. The molecule has 1 N–H and O–H groups in total. The molecule has 5 nitrogen and oxygen atoms in total. The first kappa shape index (κ1) is 17.5. The van der Waals surface area contributed by atoms with Crippen LogP contribution in [0.5, 0.6) is 5.75 Å². The number of aliphatic hydroxyl groups excluding tert-OH is 1. The fourth-order valence-corrected chi connectivity index (χ4v) is 2.84. The highest BCUT2D eigenvalue weighted by Crippen LogP contribution is 2.21. The topological polar surface area (TPSA) is 59.0 Å². The van der Waals surface area contributed by atoms with Gasteiger partial charge in [0.2, 0.25) is 0 Å². The Morgan fingerprint density at radius 3 is 2.76 bits per heavy atom. The minimum Gasteiger partial charge on any atom is -0.492 e. The minimum atomic E-state index is -0.655. The van der Waals surface area contributed by atoms with Gasteiger partial charge in [-0.3, -0.25) is 4.79 Å². The third-order valence-corrected chi connectivity index (χ3v) is 4.14. The molecule has 0 aromatic heterocycles. The van der Waals surface area contributed by atoms with Crippen LogP contribution in [-0.2, 0) is 11.2 Å². The van der Waals surface area contributed by atoms with E-state index in [1.54, 1.807) is 11.0 Å². The summed E-state index contributed by atoms with van der Waals surface area (Å²) in [7, 11) is 0. The third-order valence-electron chi connectivity index (χ3n) is 4.14. The van der Waals surface area contributed by atoms with Gasteiger partial charge in [-0.05, 0) is 17.7 Å². The van der Waals surface area contributed by atoms with Gasteiger partial charge in [0.1, 0.15) is 5.75 Å². The number of nitrogens with zero attached hydrogens (tertiary/aromatic N) is 1. The number of hydrogen-bond acceptors (Lipinski definition) is 4. The zero-order valence-corrected chi connectivity index (χ0v) is 14.1. The summed E-state index contributed by atoms with van der Waals surface area (Å²) in [4.78, 5) is 14.5.